The van der Waals surface area contributed by atoms with Crippen LogP contribution in [0.25, 0.3) is 10.9 Å². The van der Waals surface area contributed by atoms with Gasteiger partial charge in [0.05, 0.1) is 10.9 Å². The maximum absolute atomic E-state index is 13.0. The van der Waals surface area contributed by atoms with Gasteiger partial charge in [-0.1, -0.05) is 11.5 Å². The normalized spacial score (nSPS) is 21.4. The SMILES string of the molecule is Bc1ccc(N)c2c(=O)n(C3C(=O)NC(=O)CC3B)c(C)nc12. The molecule has 0 radical (unpaired) electrons. The summed E-state index contributed by atoms with van der Waals surface area (Å²) in [5.74, 6) is -0.671. The maximum Gasteiger partial charge on any atom is 0.264 e. The number of nitrogens with one attached hydrogen (secondary N) is 1. The number of fused-ring (bicyclic) bond motifs is 1. The molecule has 1 aromatic carbocycles. The largest absolute Gasteiger partial charge is 0.398 e. The summed E-state index contributed by atoms with van der Waals surface area (Å²) in [5.41, 5.74) is 7.33. The van der Waals surface area contributed by atoms with Crippen LogP contribution in [-0.4, -0.2) is 37.1 Å². The van der Waals surface area contributed by atoms with Gasteiger partial charge in [0, 0.05) is 12.1 Å². The van der Waals surface area contributed by atoms with Gasteiger partial charge in [0.15, 0.2) is 0 Å². The second kappa shape index (κ2) is 5.26. The number of aryl methyl sites for hydroxylation is 1. The molecule has 0 aliphatic carbocycles. The van der Waals surface area contributed by atoms with Gasteiger partial charge in [0.1, 0.15) is 27.6 Å². The number of benzene rings is 1. The fraction of sp³-hybridized carbons (Fsp3) is 0.286. The fourth-order valence-corrected chi connectivity index (χ4v) is 3.19. The number of nitrogens with zero attached hydrogens (tertiary/aromatic N) is 2. The third-order valence-electron chi connectivity index (χ3n) is 4.32. The highest BCUT2D eigenvalue weighted by Crippen LogP contribution is 2.28. The highest BCUT2D eigenvalue weighted by molar-refractivity contribution is 6.38. The molecule has 3 N–H and O–H groups in total. The topological polar surface area (TPSA) is 107 Å². The van der Waals surface area contributed by atoms with E-state index in [4.69, 9.17) is 5.73 Å². The molecule has 2 unspecified atom stereocenters. The van der Waals surface area contributed by atoms with E-state index >= 15 is 0 Å². The Morgan fingerprint density at radius 3 is 2.70 bits per heavy atom. The summed E-state index contributed by atoms with van der Waals surface area (Å²) in [7, 11) is 3.63. The zero-order chi connectivity index (χ0) is 16.9. The summed E-state index contributed by atoms with van der Waals surface area (Å²) in [5, 5.41) is 2.60. The number of nitrogen functional groups attached to an aromatic ring is 1. The van der Waals surface area contributed by atoms with Crippen LogP contribution in [0, 0.1) is 6.92 Å². The summed E-state index contributed by atoms with van der Waals surface area (Å²) >= 11 is 0. The second-order valence-electron chi connectivity index (χ2n) is 6.07. The van der Waals surface area contributed by atoms with Gasteiger partial charge >= 0.3 is 0 Å². The van der Waals surface area contributed by atoms with E-state index in [9.17, 15) is 14.4 Å². The number of amides is 2. The number of carbonyl (C=O) groups excluding carboxylic acids is 2. The lowest BCUT2D eigenvalue weighted by molar-refractivity contribution is -0.135. The van der Waals surface area contributed by atoms with Gasteiger partial charge in [-0.05, 0) is 18.8 Å². The van der Waals surface area contributed by atoms with Crippen molar-refractivity contribution in [2.24, 2.45) is 0 Å². The molecule has 2 heterocycles. The number of rotatable bonds is 1. The van der Waals surface area contributed by atoms with E-state index in [1.165, 1.54) is 4.57 Å². The zero-order valence-electron chi connectivity index (χ0n) is 13.2. The van der Waals surface area contributed by atoms with Gasteiger partial charge in [-0.2, -0.15) is 0 Å². The lowest BCUT2D eigenvalue weighted by atomic mass is 9.75. The molecule has 0 bridgehead atoms. The molecule has 1 fully saturated rings. The Hall–Kier alpha value is -2.57. The Morgan fingerprint density at radius 1 is 1.35 bits per heavy atom. The summed E-state index contributed by atoms with van der Waals surface area (Å²) in [6.45, 7) is 1.68. The first-order valence-electron chi connectivity index (χ1n) is 7.43. The van der Waals surface area contributed by atoms with E-state index in [-0.39, 0.29) is 23.7 Å². The minimum Gasteiger partial charge on any atom is -0.398 e. The molecule has 2 aromatic rings. The number of aromatic nitrogens is 2. The first kappa shape index (κ1) is 15.3. The van der Waals surface area contributed by atoms with Crippen LogP contribution in [-0.2, 0) is 9.59 Å². The molecule has 0 spiro atoms. The number of hydrogen-bond acceptors (Lipinski definition) is 5. The van der Waals surface area contributed by atoms with E-state index in [0.29, 0.717) is 22.4 Å². The van der Waals surface area contributed by atoms with Crippen molar-refractivity contribution < 1.29 is 9.59 Å². The summed E-state index contributed by atoms with van der Waals surface area (Å²) < 4.78 is 1.35. The molecule has 1 saturated heterocycles. The van der Waals surface area contributed by atoms with Gasteiger partial charge in [-0.15, -0.1) is 0 Å². The Balaban J connectivity index is 2.31. The lowest BCUT2D eigenvalue weighted by Gasteiger charge is -2.30. The Morgan fingerprint density at radius 2 is 2.04 bits per heavy atom. The average molecular weight is 310 g/mol. The highest BCUT2D eigenvalue weighted by atomic mass is 16.2. The smallest absolute Gasteiger partial charge is 0.264 e. The van der Waals surface area contributed by atoms with Crippen LogP contribution in [0.1, 0.15) is 18.3 Å². The summed E-state index contributed by atoms with van der Waals surface area (Å²) in [6.07, 6.45) is 0.184. The van der Waals surface area contributed by atoms with Crippen LogP contribution in [0.15, 0.2) is 16.9 Å². The van der Waals surface area contributed by atoms with Crippen molar-refractivity contribution in [1.29, 1.82) is 0 Å². The van der Waals surface area contributed by atoms with Crippen molar-refractivity contribution in [3.8, 4) is 0 Å². The van der Waals surface area contributed by atoms with E-state index in [1.54, 1.807) is 20.8 Å². The van der Waals surface area contributed by atoms with Crippen LogP contribution in [0.4, 0.5) is 5.69 Å². The monoisotopic (exact) mass is 310 g/mol. The maximum atomic E-state index is 13.0. The molecule has 1 aliphatic rings. The minimum absolute atomic E-state index is 0.184. The number of hydrogen-bond donors (Lipinski definition) is 2. The molecule has 1 aliphatic heterocycles. The summed E-state index contributed by atoms with van der Waals surface area (Å²) in [6, 6.07) is 2.70. The molecule has 9 heteroatoms. The minimum atomic E-state index is -0.767. The molecule has 3 rings (SSSR count). The molecular weight excluding hydrogens is 294 g/mol. The highest BCUT2D eigenvalue weighted by Gasteiger charge is 2.36. The molecule has 0 saturated carbocycles. The van der Waals surface area contributed by atoms with E-state index in [1.807, 2.05) is 13.9 Å². The zero-order valence-corrected chi connectivity index (χ0v) is 13.2. The fourth-order valence-electron chi connectivity index (χ4n) is 3.19. The quantitative estimate of drug-likeness (QED) is 0.346. The first-order valence-corrected chi connectivity index (χ1v) is 7.43. The molecule has 116 valence electrons. The summed E-state index contributed by atoms with van der Waals surface area (Å²) in [4.78, 5) is 41.2. The Labute approximate surface area is 134 Å². The van der Waals surface area contributed by atoms with Crippen LogP contribution in [0.3, 0.4) is 0 Å². The van der Waals surface area contributed by atoms with Crippen molar-refractivity contribution in [2.45, 2.75) is 25.2 Å². The van der Waals surface area contributed by atoms with Gasteiger partial charge in [0.25, 0.3) is 5.56 Å². The van der Waals surface area contributed by atoms with Gasteiger partial charge in [0.2, 0.25) is 11.8 Å². The molecule has 1 aromatic heterocycles. The predicted octanol–water partition coefficient (Wildman–Crippen LogP) is -2.45. The number of nitrogens with two attached hydrogens (primary N) is 1. The van der Waals surface area contributed by atoms with Crippen LogP contribution >= 0.6 is 0 Å². The van der Waals surface area contributed by atoms with E-state index in [0.717, 1.165) is 5.46 Å². The van der Waals surface area contributed by atoms with Crippen LogP contribution in [0.5, 0.6) is 0 Å². The standard InChI is InChI=1S/C14H16B2N4O3/c1-5-18-11-6(15)2-3-8(17)10(11)14(23)20(5)12-7(16)4-9(21)19-13(12)22/h2-3,7,12H,4,15-17H2,1H3,(H,19,21,22). The molecule has 23 heavy (non-hydrogen) atoms. The first-order chi connectivity index (χ1) is 10.8. The van der Waals surface area contributed by atoms with Crippen LogP contribution in [0.2, 0.25) is 5.82 Å². The molecule has 7 nitrogen and oxygen atoms in total. The van der Waals surface area contributed by atoms with Crippen molar-refractivity contribution in [1.82, 2.24) is 14.9 Å². The third kappa shape index (κ3) is 2.32. The Kier molecular flexibility index (Phi) is 3.50. The van der Waals surface area contributed by atoms with E-state index in [2.05, 4.69) is 10.3 Å². The van der Waals surface area contributed by atoms with Crippen molar-refractivity contribution >= 4 is 49.6 Å². The van der Waals surface area contributed by atoms with Gasteiger partial charge < -0.3 is 5.73 Å². The molecular formula is C14H16B2N4O3. The van der Waals surface area contributed by atoms with Crippen molar-refractivity contribution in [3.63, 3.8) is 0 Å². The third-order valence-corrected chi connectivity index (χ3v) is 4.32. The van der Waals surface area contributed by atoms with Crippen LogP contribution < -0.4 is 22.1 Å². The number of anilines is 1. The van der Waals surface area contributed by atoms with E-state index < -0.39 is 11.9 Å². The van der Waals surface area contributed by atoms with Gasteiger partial charge in [-0.3, -0.25) is 24.3 Å². The van der Waals surface area contributed by atoms with Gasteiger partial charge in [-0.25, -0.2) is 4.98 Å². The predicted molar refractivity (Wildman–Crippen MR) is 92.4 cm³/mol. The Bertz CT molecular complexity index is 909. The van der Waals surface area contributed by atoms with Crippen molar-refractivity contribution in [3.05, 3.63) is 28.3 Å². The average Bonchev–Trinajstić information content (AvgIpc) is 2.45. The lowest BCUT2D eigenvalue weighted by Crippen LogP contribution is -2.48. The molecule has 2 atom stereocenters. The number of imide groups is 1. The van der Waals surface area contributed by atoms with Crippen molar-refractivity contribution in [2.75, 3.05) is 5.73 Å². The molecule has 2 amide bonds. The number of piperidine rings is 1. The second-order valence-corrected chi connectivity index (χ2v) is 6.07. The number of carbonyl (C=O) groups is 2.